The third-order valence-electron chi connectivity index (χ3n) is 2.58. The molecule has 0 aliphatic rings. The lowest BCUT2D eigenvalue weighted by Gasteiger charge is -2.33. The number of carboxylic acids is 1. The summed E-state index contributed by atoms with van der Waals surface area (Å²) >= 11 is 0. The predicted molar refractivity (Wildman–Crippen MR) is 57.6 cm³/mol. The van der Waals surface area contributed by atoms with Gasteiger partial charge in [-0.05, 0) is 20.4 Å². The van der Waals surface area contributed by atoms with Gasteiger partial charge in [0.05, 0.1) is 0 Å². The van der Waals surface area contributed by atoms with Crippen molar-refractivity contribution in [1.82, 2.24) is 10.2 Å². The van der Waals surface area contributed by atoms with Gasteiger partial charge in [0, 0.05) is 20.0 Å². The highest BCUT2D eigenvalue weighted by atomic mass is 16.4. The van der Waals surface area contributed by atoms with E-state index in [0.717, 1.165) is 0 Å². The first kappa shape index (κ1) is 13.9. The number of amides is 1. The van der Waals surface area contributed by atoms with Crippen molar-refractivity contribution in [3.8, 4) is 0 Å². The molecule has 1 amide bonds. The molecule has 5 nitrogen and oxygen atoms in total. The van der Waals surface area contributed by atoms with Crippen molar-refractivity contribution in [3.63, 3.8) is 0 Å². The molecule has 0 atom stereocenters. The van der Waals surface area contributed by atoms with Crippen LogP contribution in [0.4, 0.5) is 0 Å². The number of nitrogens with one attached hydrogen (secondary N) is 1. The van der Waals surface area contributed by atoms with Crippen LogP contribution in [0.25, 0.3) is 0 Å². The molecule has 0 saturated carbocycles. The number of nitrogens with zero attached hydrogens (tertiary/aromatic N) is 1. The summed E-state index contributed by atoms with van der Waals surface area (Å²) in [4.78, 5) is 23.8. The Balaban J connectivity index is 4.37. The Morgan fingerprint density at radius 1 is 1.40 bits per heavy atom. The van der Waals surface area contributed by atoms with E-state index < -0.39 is 11.5 Å². The van der Waals surface area contributed by atoms with Gasteiger partial charge in [-0.3, -0.25) is 14.5 Å². The molecule has 0 spiro atoms. The van der Waals surface area contributed by atoms with E-state index in [1.165, 1.54) is 0 Å². The van der Waals surface area contributed by atoms with E-state index in [2.05, 4.69) is 5.32 Å². The van der Waals surface area contributed by atoms with Crippen LogP contribution in [0.5, 0.6) is 0 Å². The molecular formula is C10H20N2O3. The molecule has 0 aromatic carbocycles. The number of hydrogen-bond donors (Lipinski definition) is 2. The quantitative estimate of drug-likeness (QED) is 0.670. The molecule has 0 unspecified atom stereocenters. The van der Waals surface area contributed by atoms with Crippen molar-refractivity contribution in [2.75, 3.05) is 20.1 Å². The zero-order valence-electron chi connectivity index (χ0n) is 9.83. The SMILES string of the molecule is CCN(CCC(=O)NC)C(C)(C)C(=O)O. The van der Waals surface area contributed by atoms with Gasteiger partial charge in [-0.15, -0.1) is 0 Å². The maximum absolute atomic E-state index is 11.0. The Bertz CT molecular complexity index is 239. The zero-order chi connectivity index (χ0) is 12.1. The molecule has 88 valence electrons. The number of rotatable bonds is 6. The fourth-order valence-corrected chi connectivity index (χ4v) is 1.33. The largest absolute Gasteiger partial charge is 0.480 e. The second-order valence-corrected chi connectivity index (χ2v) is 3.87. The molecule has 0 aromatic heterocycles. The van der Waals surface area contributed by atoms with Crippen LogP contribution in [0.2, 0.25) is 0 Å². The van der Waals surface area contributed by atoms with Crippen LogP contribution in [0, 0.1) is 0 Å². The van der Waals surface area contributed by atoms with E-state index in [4.69, 9.17) is 5.11 Å². The number of likely N-dealkylation sites (N-methyl/N-ethyl adjacent to an activating group) is 1. The highest BCUT2D eigenvalue weighted by molar-refractivity contribution is 5.78. The van der Waals surface area contributed by atoms with E-state index in [1.807, 2.05) is 6.92 Å². The van der Waals surface area contributed by atoms with Crippen LogP contribution in [0.1, 0.15) is 27.2 Å². The fraction of sp³-hybridized carbons (Fsp3) is 0.800. The van der Waals surface area contributed by atoms with Gasteiger partial charge in [0.25, 0.3) is 0 Å². The number of carbonyl (C=O) groups excluding carboxylic acids is 1. The summed E-state index contributed by atoms with van der Waals surface area (Å²) < 4.78 is 0. The van der Waals surface area contributed by atoms with E-state index in [0.29, 0.717) is 19.5 Å². The summed E-state index contributed by atoms with van der Waals surface area (Å²) in [7, 11) is 1.57. The molecule has 0 heterocycles. The highest BCUT2D eigenvalue weighted by Gasteiger charge is 2.33. The Labute approximate surface area is 90.5 Å². The van der Waals surface area contributed by atoms with Crippen LogP contribution in [0.15, 0.2) is 0 Å². The van der Waals surface area contributed by atoms with Crippen molar-refractivity contribution < 1.29 is 14.7 Å². The van der Waals surface area contributed by atoms with Crippen LogP contribution < -0.4 is 5.32 Å². The second kappa shape index (κ2) is 5.70. The van der Waals surface area contributed by atoms with Crippen LogP contribution in [-0.4, -0.2) is 47.6 Å². The standard InChI is InChI=1S/C10H20N2O3/c1-5-12(7-6-8(13)11-4)10(2,3)9(14)15/h5-7H2,1-4H3,(H,11,13)(H,14,15). The number of carboxylic acid groups (broad SMARTS) is 1. The molecule has 2 N–H and O–H groups in total. The van der Waals surface area contributed by atoms with Crippen LogP contribution in [0.3, 0.4) is 0 Å². The molecule has 0 aliphatic carbocycles. The monoisotopic (exact) mass is 216 g/mol. The molecule has 0 fully saturated rings. The molecule has 15 heavy (non-hydrogen) atoms. The van der Waals surface area contributed by atoms with Crippen LogP contribution in [-0.2, 0) is 9.59 Å². The first-order valence-corrected chi connectivity index (χ1v) is 5.05. The van der Waals surface area contributed by atoms with Gasteiger partial charge in [-0.2, -0.15) is 0 Å². The number of aliphatic carboxylic acids is 1. The van der Waals surface area contributed by atoms with Crippen molar-refractivity contribution in [2.45, 2.75) is 32.7 Å². The highest BCUT2D eigenvalue weighted by Crippen LogP contribution is 2.14. The topological polar surface area (TPSA) is 69.6 Å². The maximum atomic E-state index is 11.0. The summed E-state index contributed by atoms with van der Waals surface area (Å²) in [5.41, 5.74) is -0.928. The van der Waals surface area contributed by atoms with Gasteiger partial charge in [0.15, 0.2) is 0 Å². The summed E-state index contributed by atoms with van der Waals surface area (Å²) in [5, 5.41) is 11.5. The minimum atomic E-state index is -0.928. The maximum Gasteiger partial charge on any atom is 0.323 e. The lowest BCUT2D eigenvalue weighted by molar-refractivity contribution is -0.149. The van der Waals surface area contributed by atoms with E-state index in [1.54, 1.807) is 25.8 Å². The third-order valence-corrected chi connectivity index (χ3v) is 2.58. The molecular weight excluding hydrogens is 196 g/mol. The average molecular weight is 216 g/mol. The van der Waals surface area contributed by atoms with Crippen molar-refractivity contribution in [1.29, 1.82) is 0 Å². The third kappa shape index (κ3) is 3.87. The number of hydrogen-bond acceptors (Lipinski definition) is 3. The predicted octanol–water partition coefficient (Wildman–Crippen LogP) is 0.308. The summed E-state index contributed by atoms with van der Waals surface area (Å²) in [6.07, 6.45) is 0.320. The molecule has 0 bridgehead atoms. The molecule has 5 heteroatoms. The van der Waals surface area contributed by atoms with Gasteiger partial charge in [0.1, 0.15) is 5.54 Å². The lowest BCUT2D eigenvalue weighted by atomic mass is 10.0. The first-order valence-electron chi connectivity index (χ1n) is 5.05. The second-order valence-electron chi connectivity index (χ2n) is 3.87. The minimum absolute atomic E-state index is 0.0744. The molecule has 0 rings (SSSR count). The van der Waals surface area contributed by atoms with Gasteiger partial charge in [0.2, 0.25) is 5.91 Å². The van der Waals surface area contributed by atoms with Crippen molar-refractivity contribution in [2.24, 2.45) is 0 Å². The van der Waals surface area contributed by atoms with Gasteiger partial charge < -0.3 is 10.4 Å². The zero-order valence-corrected chi connectivity index (χ0v) is 9.83. The van der Waals surface area contributed by atoms with E-state index >= 15 is 0 Å². The minimum Gasteiger partial charge on any atom is -0.480 e. The summed E-state index contributed by atoms with van der Waals surface area (Å²) in [5.74, 6) is -0.948. The molecule has 0 aromatic rings. The molecule has 0 radical (unpaired) electrons. The van der Waals surface area contributed by atoms with E-state index in [9.17, 15) is 9.59 Å². The summed E-state index contributed by atoms with van der Waals surface area (Å²) in [6.45, 7) is 6.23. The Hall–Kier alpha value is -1.10. The van der Waals surface area contributed by atoms with Gasteiger partial charge in [-0.25, -0.2) is 0 Å². The Morgan fingerprint density at radius 2 is 1.93 bits per heavy atom. The lowest BCUT2D eigenvalue weighted by Crippen LogP contribution is -2.50. The van der Waals surface area contributed by atoms with Gasteiger partial charge >= 0.3 is 5.97 Å². The average Bonchev–Trinajstić information content (AvgIpc) is 2.17. The summed E-state index contributed by atoms with van der Waals surface area (Å²) in [6, 6.07) is 0. The Morgan fingerprint density at radius 3 is 2.27 bits per heavy atom. The molecule has 0 aliphatic heterocycles. The van der Waals surface area contributed by atoms with Crippen molar-refractivity contribution >= 4 is 11.9 Å². The smallest absolute Gasteiger partial charge is 0.323 e. The van der Waals surface area contributed by atoms with E-state index in [-0.39, 0.29) is 5.91 Å². The Kier molecular flexibility index (Phi) is 5.28. The van der Waals surface area contributed by atoms with Crippen molar-refractivity contribution in [3.05, 3.63) is 0 Å². The van der Waals surface area contributed by atoms with Crippen LogP contribution >= 0.6 is 0 Å². The molecule has 0 saturated heterocycles. The first-order chi connectivity index (χ1) is 6.86. The normalized spacial score (nSPS) is 11.5. The fourth-order valence-electron chi connectivity index (χ4n) is 1.33. The van der Waals surface area contributed by atoms with Gasteiger partial charge in [-0.1, -0.05) is 6.92 Å². The number of carbonyl (C=O) groups is 2.